The van der Waals surface area contributed by atoms with Gasteiger partial charge < -0.3 is 30.7 Å². The Morgan fingerprint density at radius 3 is 1.04 bits per heavy atom. The van der Waals surface area contributed by atoms with E-state index >= 15 is 0 Å². The average molecular weight is 828 g/mol. The van der Waals surface area contributed by atoms with Gasteiger partial charge in [-0.05, 0) is 87.8 Å². The Morgan fingerprint density at radius 1 is 0.490 bits per heavy atom. The Kier molecular flexibility index (Phi) is 26.0. The quantitative estimate of drug-likeness (QED) is 0.0730. The summed E-state index contributed by atoms with van der Waals surface area (Å²) in [5.74, 6) is 0.512. The van der Waals surface area contributed by atoms with Crippen LogP contribution < -0.4 is 0 Å². The summed E-state index contributed by atoms with van der Waals surface area (Å²) >= 11 is 5.47. The molecule has 0 amide bonds. The van der Waals surface area contributed by atoms with Gasteiger partial charge in [0.2, 0.25) is 0 Å². The van der Waals surface area contributed by atoms with E-state index < -0.39 is 52.2 Å². The molecular weight excluding hydrogens is 758 g/mol. The van der Waals surface area contributed by atoms with Gasteiger partial charge in [0, 0.05) is 48.0 Å². The van der Waals surface area contributed by atoms with Crippen LogP contribution in [0.25, 0.3) is 0 Å². The maximum atomic E-state index is 12.3. The SMILES string of the molecule is CC(C)(C)OC(=O)C(CSC(C)(C)C)C(=O)OC(C)(C)C.CC(C)(C)OC(=O)[CH-]C(=O)OC(C)(C)C.CC(C)(C)S[CH-]CSC(C)(C)C.[Y]. The molecule has 0 aromatic carbocycles. The second-order valence-electron chi connectivity index (χ2n) is 18.1. The summed E-state index contributed by atoms with van der Waals surface area (Å²) in [6.45, 7) is 40.7. The van der Waals surface area contributed by atoms with Gasteiger partial charge in [0.25, 0.3) is 0 Å². The molecule has 289 valence electrons. The third-order valence-corrected chi connectivity index (χ3v) is 7.95. The van der Waals surface area contributed by atoms with Crippen molar-refractivity contribution in [3.8, 4) is 0 Å². The van der Waals surface area contributed by atoms with Gasteiger partial charge in [0.1, 0.15) is 22.4 Å². The van der Waals surface area contributed by atoms with Crippen LogP contribution in [0.1, 0.15) is 145 Å². The van der Waals surface area contributed by atoms with Gasteiger partial charge in [0.05, 0.1) is 0 Å². The fourth-order valence-corrected chi connectivity index (χ4v) is 5.12. The molecule has 0 aliphatic carbocycles. The van der Waals surface area contributed by atoms with Crippen molar-refractivity contribution in [1.82, 2.24) is 0 Å². The molecule has 0 heterocycles. The standard InChI is InChI=1S/C16H30O4S.C11H19O4.C10H21S2.Y/c1-14(2,3)19-12(17)11(10-21-16(7,8)9)13(18)20-15(4,5)6;1-10(2,3)14-8(12)7-9(13)15-11(4,5)6;1-9(2,3)11-7-8-12-10(4,5)6;/h11H,10H2,1-9H3;7H,1-6H3;7H,8H2,1-6H3;/q;2*-1;. The molecule has 0 unspecified atom stereocenters. The topological polar surface area (TPSA) is 105 Å². The Bertz CT molecular complexity index is 913. The van der Waals surface area contributed by atoms with Crippen LogP contribution in [0.5, 0.6) is 0 Å². The second kappa shape index (κ2) is 22.9. The van der Waals surface area contributed by atoms with Gasteiger partial charge in [-0.2, -0.15) is 29.9 Å². The molecule has 12 heteroatoms. The molecule has 0 saturated heterocycles. The molecule has 0 aromatic rings. The van der Waals surface area contributed by atoms with E-state index in [-0.39, 0.29) is 37.5 Å². The zero-order valence-electron chi connectivity index (χ0n) is 34.7. The van der Waals surface area contributed by atoms with E-state index in [9.17, 15) is 19.2 Å². The van der Waals surface area contributed by atoms with Crippen molar-refractivity contribution >= 4 is 59.2 Å². The number of ether oxygens (including phenoxy) is 4. The van der Waals surface area contributed by atoms with E-state index in [4.69, 9.17) is 18.9 Å². The zero-order chi connectivity index (χ0) is 39.2. The first-order valence-corrected chi connectivity index (χ1v) is 19.2. The van der Waals surface area contributed by atoms with Gasteiger partial charge >= 0.3 is 11.9 Å². The Hall–Kier alpha value is -0.0961. The van der Waals surface area contributed by atoms with E-state index in [0.29, 0.717) is 15.2 Å². The molecule has 0 rings (SSSR count). The zero-order valence-corrected chi connectivity index (χ0v) is 40.0. The van der Waals surface area contributed by atoms with Crippen LogP contribution in [0.3, 0.4) is 0 Å². The number of thioether (sulfide) groups is 3. The van der Waals surface area contributed by atoms with Gasteiger partial charge in [0.15, 0.2) is 17.9 Å². The van der Waals surface area contributed by atoms with E-state index in [1.807, 2.05) is 44.3 Å². The van der Waals surface area contributed by atoms with Crippen LogP contribution in [0.15, 0.2) is 0 Å². The van der Waals surface area contributed by atoms with Gasteiger partial charge in [-0.25, -0.2) is 0 Å². The molecule has 0 bridgehead atoms. The molecule has 0 aromatic heterocycles. The molecule has 0 saturated carbocycles. The Balaban J connectivity index is -0.000000320. The van der Waals surface area contributed by atoms with E-state index in [0.717, 1.165) is 12.2 Å². The first-order chi connectivity index (χ1) is 20.8. The van der Waals surface area contributed by atoms with Crippen molar-refractivity contribution in [3.63, 3.8) is 0 Å². The first kappa shape index (κ1) is 55.7. The van der Waals surface area contributed by atoms with Crippen molar-refractivity contribution in [3.05, 3.63) is 12.2 Å². The molecule has 1 radical (unpaired) electrons. The minimum absolute atomic E-state index is 0. The number of hydrogen-bond acceptors (Lipinski definition) is 11. The predicted molar refractivity (Wildman–Crippen MR) is 207 cm³/mol. The van der Waals surface area contributed by atoms with Crippen molar-refractivity contribution in [1.29, 1.82) is 0 Å². The Morgan fingerprint density at radius 2 is 0.796 bits per heavy atom. The van der Waals surface area contributed by atoms with Crippen LogP contribution >= 0.6 is 35.3 Å². The van der Waals surface area contributed by atoms with Gasteiger partial charge in [-0.1, -0.05) is 62.3 Å². The van der Waals surface area contributed by atoms with Gasteiger partial charge in [-0.3, -0.25) is 24.9 Å². The molecule has 8 nitrogen and oxygen atoms in total. The number of carbonyl (C=O) groups is 4. The predicted octanol–water partition coefficient (Wildman–Crippen LogP) is 9.90. The largest absolute Gasteiger partial charge is 0.482 e. The minimum atomic E-state index is -0.896. The van der Waals surface area contributed by atoms with Crippen LogP contribution in [0.4, 0.5) is 0 Å². The van der Waals surface area contributed by atoms with Crippen LogP contribution in [-0.2, 0) is 70.8 Å². The summed E-state index contributed by atoms with van der Waals surface area (Å²) in [7, 11) is 0. The van der Waals surface area contributed by atoms with Crippen molar-refractivity contribution < 1.29 is 70.8 Å². The summed E-state index contributed by atoms with van der Waals surface area (Å²) < 4.78 is 21.3. The number of esters is 4. The maximum absolute atomic E-state index is 12.3. The smallest absolute Gasteiger partial charge is 0.321 e. The van der Waals surface area contributed by atoms with Crippen molar-refractivity contribution in [2.75, 3.05) is 11.5 Å². The number of hydrogen-bond donors (Lipinski definition) is 0. The molecule has 0 atom stereocenters. The fraction of sp³-hybridized carbons (Fsp3) is 0.838. The number of carbonyl (C=O) groups excluding carboxylic acids is 4. The summed E-state index contributed by atoms with van der Waals surface area (Å²) in [5, 5.41) is 0. The normalized spacial score (nSPS) is 12.6. The number of rotatable bonds is 9. The first-order valence-electron chi connectivity index (χ1n) is 16.3. The van der Waals surface area contributed by atoms with E-state index in [1.165, 1.54) is 0 Å². The molecule has 49 heavy (non-hydrogen) atoms. The summed E-state index contributed by atoms with van der Waals surface area (Å²) in [6.07, 6.45) is 0.816. The van der Waals surface area contributed by atoms with Crippen LogP contribution in [0.2, 0.25) is 0 Å². The summed E-state index contributed by atoms with van der Waals surface area (Å²) in [5.41, 5.74) is -2.45. The fourth-order valence-electron chi connectivity index (χ4n) is 2.64. The maximum Gasteiger partial charge on any atom is 0.321 e. The molecule has 0 aliphatic heterocycles. The molecule has 0 fully saturated rings. The van der Waals surface area contributed by atoms with Gasteiger partial charge in [-0.15, -0.1) is 5.75 Å². The molecular formula is C37H70O8S3Y-2. The average Bonchev–Trinajstić information content (AvgIpc) is 2.70. The Labute approximate surface area is 339 Å². The summed E-state index contributed by atoms with van der Waals surface area (Å²) in [6, 6.07) is 0. The molecule has 0 spiro atoms. The van der Waals surface area contributed by atoms with Crippen LogP contribution in [-0.4, -0.2) is 72.0 Å². The van der Waals surface area contributed by atoms with E-state index in [1.54, 1.807) is 94.8 Å². The van der Waals surface area contributed by atoms with Crippen LogP contribution in [0, 0.1) is 18.1 Å². The monoisotopic (exact) mass is 827 g/mol. The van der Waals surface area contributed by atoms with Crippen molar-refractivity contribution in [2.45, 2.75) is 182 Å². The summed E-state index contributed by atoms with van der Waals surface area (Å²) in [4.78, 5) is 46.9. The van der Waals surface area contributed by atoms with E-state index in [2.05, 4.69) is 47.3 Å². The molecule has 0 aliphatic rings. The molecule has 0 N–H and O–H groups in total. The second-order valence-corrected chi connectivity index (χ2v) is 23.6. The van der Waals surface area contributed by atoms with Crippen molar-refractivity contribution in [2.24, 2.45) is 5.92 Å². The minimum Gasteiger partial charge on any atom is -0.482 e. The third kappa shape index (κ3) is 45.9. The third-order valence-electron chi connectivity index (χ3n) is 4.14.